The summed E-state index contributed by atoms with van der Waals surface area (Å²) in [5.41, 5.74) is 2.68. The van der Waals surface area contributed by atoms with E-state index in [0.29, 0.717) is 12.1 Å². The van der Waals surface area contributed by atoms with Crippen molar-refractivity contribution in [3.8, 4) is 5.75 Å². The van der Waals surface area contributed by atoms with Crippen molar-refractivity contribution in [1.29, 1.82) is 0 Å². The second-order valence-corrected chi connectivity index (χ2v) is 6.54. The van der Waals surface area contributed by atoms with Gasteiger partial charge in [-0.05, 0) is 65.4 Å². The van der Waals surface area contributed by atoms with Crippen molar-refractivity contribution >= 4 is 0 Å². The molecule has 118 valence electrons. The second-order valence-electron chi connectivity index (χ2n) is 6.54. The van der Waals surface area contributed by atoms with Gasteiger partial charge in [-0.2, -0.15) is 0 Å². The Morgan fingerprint density at radius 2 is 2.14 bits per heavy atom. The van der Waals surface area contributed by atoms with Crippen LogP contribution < -0.4 is 10.1 Å². The fraction of sp³-hybridized carbons (Fsp3) is 0.667. The second kappa shape index (κ2) is 7.81. The minimum Gasteiger partial charge on any atom is -0.488 e. The predicted molar refractivity (Wildman–Crippen MR) is 89.2 cm³/mol. The van der Waals surface area contributed by atoms with E-state index in [4.69, 9.17) is 4.74 Å². The van der Waals surface area contributed by atoms with Gasteiger partial charge in [0.25, 0.3) is 0 Å². The van der Waals surface area contributed by atoms with Crippen molar-refractivity contribution in [2.45, 2.75) is 52.2 Å². The quantitative estimate of drug-likeness (QED) is 0.745. The van der Waals surface area contributed by atoms with E-state index >= 15 is 0 Å². The monoisotopic (exact) mass is 290 g/mol. The first-order valence-corrected chi connectivity index (χ1v) is 8.23. The molecule has 0 saturated heterocycles. The van der Waals surface area contributed by atoms with E-state index in [1.807, 2.05) is 0 Å². The molecule has 0 aliphatic carbocycles. The van der Waals surface area contributed by atoms with E-state index in [-0.39, 0.29) is 0 Å². The first-order valence-electron chi connectivity index (χ1n) is 8.23. The summed E-state index contributed by atoms with van der Waals surface area (Å²) in [5.74, 6) is 1.07. The van der Waals surface area contributed by atoms with Gasteiger partial charge >= 0.3 is 0 Å². The highest BCUT2D eigenvalue weighted by molar-refractivity contribution is 5.40. The first-order chi connectivity index (χ1) is 10.1. The van der Waals surface area contributed by atoms with Crippen LogP contribution in [0.15, 0.2) is 18.2 Å². The van der Waals surface area contributed by atoms with Crippen molar-refractivity contribution in [3.63, 3.8) is 0 Å². The van der Waals surface area contributed by atoms with Crippen LogP contribution >= 0.6 is 0 Å². The fourth-order valence-electron chi connectivity index (χ4n) is 2.70. The molecule has 1 unspecified atom stereocenters. The van der Waals surface area contributed by atoms with Gasteiger partial charge in [0.05, 0.1) is 0 Å². The summed E-state index contributed by atoms with van der Waals surface area (Å²) in [6.07, 6.45) is 3.84. The predicted octanol–water partition coefficient (Wildman–Crippen LogP) is 3.01. The molecule has 0 radical (unpaired) electrons. The summed E-state index contributed by atoms with van der Waals surface area (Å²) >= 11 is 0. The lowest BCUT2D eigenvalue weighted by Gasteiger charge is -2.20. The number of aryl methyl sites for hydroxylation is 1. The molecule has 3 nitrogen and oxygen atoms in total. The van der Waals surface area contributed by atoms with Gasteiger partial charge < -0.3 is 15.0 Å². The van der Waals surface area contributed by atoms with Crippen molar-refractivity contribution in [2.75, 3.05) is 26.7 Å². The molecule has 0 bridgehead atoms. The molecule has 1 aromatic carbocycles. The Morgan fingerprint density at radius 3 is 2.90 bits per heavy atom. The largest absolute Gasteiger partial charge is 0.488 e. The molecule has 0 aromatic heterocycles. The van der Waals surface area contributed by atoms with Crippen LogP contribution in [0.1, 0.15) is 37.8 Å². The van der Waals surface area contributed by atoms with Crippen LogP contribution in [-0.2, 0) is 6.42 Å². The van der Waals surface area contributed by atoms with E-state index in [2.05, 4.69) is 56.2 Å². The molecule has 1 aliphatic rings. The van der Waals surface area contributed by atoms with Gasteiger partial charge in [-0.15, -0.1) is 0 Å². The number of hydrogen-bond donors (Lipinski definition) is 1. The Labute approximate surface area is 129 Å². The fourth-order valence-corrected chi connectivity index (χ4v) is 2.70. The topological polar surface area (TPSA) is 24.5 Å². The van der Waals surface area contributed by atoms with Gasteiger partial charge in [0.15, 0.2) is 0 Å². The Kier molecular flexibility index (Phi) is 6.07. The van der Waals surface area contributed by atoms with Crippen LogP contribution in [-0.4, -0.2) is 43.7 Å². The van der Waals surface area contributed by atoms with Crippen LogP contribution in [0.25, 0.3) is 0 Å². The van der Waals surface area contributed by atoms with Gasteiger partial charge in [-0.3, -0.25) is 0 Å². The number of unbranched alkanes of at least 4 members (excludes halogenated alkanes) is 1. The third-order valence-corrected chi connectivity index (χ3v) is 4.33. The Bertz CT molecular complexity index is 445. The van der Waals surface area contributed by atoms with Crippen molar-refractivity contribution < 1.29 is 4.74 Å². The lowest BCUT2D eigenvalue weighted by Crippen LogP contribution is -2.31. The number of fused-ring (bicyclic) bond motifs is 1. The number of nitrogens with one attached hydrogen (secondary N) is 1. The van der Waals surface area contributed by atoms with E-state index in [1.165, 1.54) is 30.5 Å². The summed E-state index contributed by atoms with van der Waals surface area (Å²) in [5, 5.41) is 3.54. The van der Waals surface area contributed by atoms with E-state index < -0.39 is 0 Å². The van der Waals surface area contributed by atoms with Crippen molar-refractivity contribution in [1.82, 2.24) is 10.2 Å². The molecule has 0 fully saturated rings. The summed E-state index contributed by atoms with van der Waals surface area (Å²) in [7, 11) is 2.20. The number of ether oxygens (including phenoxy) is 1. The van der Waals surface area contributed by atoms with Crippen LogP contribution in [0, 0.1) is 6.92 Å². The summed E-state index contributed by atoms with van der Waals surface area (Å²) in [4.78, 5) is 2.40. The van der Waals surface area contributed by atoms with Crippen LogP contribution in [0.2, 0.25) is 0 Å². The SMILES string of the molecule is Cc1ccc2c(c1)CC(CNCCCCN(C)C(C)C)O2. The highest BCUT2D eigenvalue weighted by Crippen LogP contribution is 2.29. The number of hydrogen-bond acceptors (Lipinski definition) is 3. The molecule has 3 heteroatoms. The van der Waals surface area contributed by atoms with Gasteiger partial charge in [0.2, 0.25) is 0 Å². The van der Waals surface area contributed by atoms with Crippen molar-refractivity contribution in [2.24, 2.45) is 0 Å². The summed E-state index contributed by atoms with van der Waals surface area (Å²) in [6.45, 7) is 9.85. The number of rotatable bonds is 8. The molecule has 1 heterocycles. The van der Waals surface area contributed by atoms with Crippen LogP contribution in [0.3, 0.4) is 0 Å². The third-order valence-electron chi connectivity index (χ3n) is 4.33. The first kappa shape index (κ1) is 16.3. The molecular formula is C18H30N2O. The van der Waals surface area contributed by atoms with Gasteiger partial charge in [-0.1, -0.05) is 17.7 Å². The van der Waals surface area contributed by atoms with E-state index in [9.17, 15) is 0 Å². The highest BCUT2D eigenvalue weighted by Gasteiger charge is 2.22. The van der Waals surface area contributed by atoms with E-state index in [0.717, 1.165) is 25.3 Å². The molecule has 1 N–H and O–H groups in total. The molecule has 21 heavy (non-hydrogen) atoms. The molecule has 0 saturated carbocycles. The zero-order chi connectivity index (χ0) is 15.2. The standard InChI is InChI=1S/C18H30N2O/c1-14(2)20(4)10-6-5-9-19-13-17-12-16-11-15(3)7-8-18(16)21-17/h7-8,11,14,17,19H,5-6,9-10,12-13H2,1-4H3. The summed E-state index contributed by atoms with van der Waals surface area (Å²) < 4.78 is 5.97. The number of benzene rings is 1. The normalized spacial score (nSPS) is 17.3. The third kappa shape index (κ3) is 5.01. The minimum absolute atomic E-state index is 0.306. The molecule has 1 aliphatic heterocycles. The number of nitrogens with zero attached hydrogens (tertiary/aromatic N) is 1. The molecule has 0 spiro atoms. The molecule has 1 aromatic rings. The lowest BCUT2D eigenvalue weighted by molar-refractivity contribution is 0.226. The van der Waals surface area contributed by atoms with Gasteiger partial charge in [0.1, 0.15) is 11.9 Å². The Hall–Kier alpha value is -1.06. The highest BCUT2D eigenvalue weighted by atomic mass is 16.5. The maximum absolute atomic E-state index is 5.97. The van der Waals surface area contributed by atoms with Crippen LogP contribution in [0.5, 0.6) is 5.75 Å². The van der Waals surface area contributed by atoms with E-state index in [1.54, 1.807) is 0 Å². The average Bonchev–Trinajstić information content (AvgIpc) is 2.83. The zero-order valence-electron chi connectivity index (χ0n) is 14.0. The summed E-state index contributed by atoms with van der Waals surface area (Å²) in [6, 6.07) is 7.12. The minimum atomic E-state index is 0.306. The van der Waals surface area contributed by atoms with Crippen LogP contribution in [0.4, 0.5) is 0 Å². The molecule has 0 amide bonds. The molecule has 1 atom stereocenters. The Balaban J connectivity index is 1.57. The zero-order valence-corrected chi connectivity index (χ0v) is 14.0. The van der Waals surface area contributed by atoms with Crippen molar-refractivity contribution in [3.05, 3.63) is 29.3 Å². The molecule has 2 rings (SSSR count). The smallest absolute Gasteiger partial charge is 0.123 e. The van der Waals surface area contributed by atoms with Gasteiger partial charge in [-0.25, -0.2) is 0 Å². The molecular weight excluding hydrogens is 260 g/mol. The van der Waals surface area contributed by atoms with Gasteiger partial charge in [0, 0.05) is 19.0 Å². The maximum Gasteiger partial charge on any atom is 0.123 e. The Morgan fingerprint density at radius 1 is 1.33 bits per heavy atom. The maximum atomic E-state index is 5.97. The lowest BCUT2D eigenvalue weighted by atomic mass is 10.1. The average molecular weight is 290 g/mol.